The molecular formula is C18H28N2OS. The zero-order valence-electron chi connectivity index (χ0n) is 13.8. The van der Waals surface area contributed by atoms with E-state index in [1.54, 1.807) is 0 Å². The molecule has 1 aliphatic rings. The number of amides is 1. The lowest BCUT2D eigenvalue weighted by atomic mass is 9.96. The van der Waals surface area contributed by atoms with Crippen LogP contribution in [-0.2, 0) is 4.79 Å². The third-order valence-electron chi connectivity index (χ3n) is 4.18. The van der Waals surface area contributed by atoms with Crippen LogP contribution in [0.4, 0.5) is 0 Å². The van der Waals surface area contributed by atoms with Crippen molar-refractivity contribution in [1.29, 1.82) is 0 Å². The van der Waals surface area contributed by atoms with E-state index in [9.17, 15) is 4.79 Å². The van der Waals surface area contributed by atoms with Crippen LogP contribution in [0.2, 0.25) is 0 Å². The van der Waals surface area contributed by atoms with Crippen LogP contribution in [0.5, 0.6) is 0 Å². The Morgan fingerprint density at radius 1 is 1.27 bits per heavy atom. The Morgan fingerprint density at radius 3 is 2.59 bits per heavy atom. The van der Waals surface area contributed by atoms with Gasteiger partial charge in [0.25, 0.3) is 0 Å². The molecule has 1 atom stereocenters. The fourth-order valence-electron chi connectivity index (χ4n) is 2.69. The van der Waals surface area contributed by atoms with Crippen molar-refractivity contribution in [3.63, 3.8) is 0 Å². The van der Waals surface area contributed by atoms with Crippen LogP contribution >= 0.6 is 11.8 Å². The van der Waals surface area contributed by atoms with Crippen molar-refractivity contribution in [1.82, 2.24) is 10.2 Å². The van der Waals surface area contributed by atoms with Crippen molar-refractivity contribution in [3.05, 3.63) is 29.8 Å². The van der Waals surface area contributed by atoms with E-state index in [0.29, 0.717) is 18.2 Å². The van der Waals surface area contributed by atoms with Crippen LogP contribution in [0.3, 0.4) is 0 Å². The molecule has 0 saturated carbocycles. The molecule has 0 aromatic heterocycles. The minimum absolute atomic E-state index is 0.309. The van der Waals surface area contributed by atoms with Gasteiger partial charge in [-0.3, -0.25) is 4.79 Å². The Morgan fingerprint density at radius 2 is 1.95 bits per heavy atom. The molecule has 1 heterocycles. The smallest absolute Gasteiger partial charge is 0.222 e. The molecular weight excluding hydrogens is 292 g/mol. The van der Waals surface area contributed by atoms with E-state index in [1.807, 2.05) is 16.7 Å². The molecule has 1 aromatic rings. The topological polar surface area (TPSA) is 32.3 Å². The van der Waals surface area contributed by atoms with Gasteiger partial charge in [0.1, 0.15) is 0 Å². The monoisotopic (exact) mass is 320 g/mol. The van der Waals surface area contributed by atoms with Gasteiger partial charge in [0.15, 0.2) is 0 Å². The standard InChI is InChI=1S/C18H28N2OS/c1-3-14-22-17-7-5-16(6-8-17)15(2)4-9-18(21)20-12-10-19-11-13-20/h5-8,15,19H,3-4,9-14H2,1-2H3. The largest absolute Gasteiger partial charge is 0.340 e. The summed E-state index contributed by atoms with van der Waals surface area (Å²) in [7, 11) is 0. The number of thioether (sulfide) groups is 1. The summed E-state index contributed by atoms with van der Waals surface area (Å²) in [6, 6.07) is 8.87. The van der Waals surface area contributed by atoms with E-state index in [-0.39, 0.29) is 0 Å². The molecule has 22 heavy (non-hydrogen) atoms. The molecule has 4 heteroatoms. The first-order valence-corrected chi connectivity index (χ1v) is 9.40. The maximum absolute atomic E-state index is 12.2. The number of carbonyl (C=O) groups is 1. The summed E-state index contributed by atoms with van der Waals surface area (Å²) in [4.78, 5) is 15.5. The molecule has 0 radical (unpaired) electrons. The molecule has 1 fully saturated rings. The summed E-state index contributed by atoms with van der Waals surface area (Å²) in [6.07, 6.45) is 2.80. The lowest BCUT2D eigenvalue weighted by molar-refractivity contribution is -0.131. The van der Waals surface area contributed by atoms with Gasteiger partial charge in [-0.1, -0.05) is 26.0 Å². The van der Waals surface area contributed by atoms with Crippen LogP contribution < -0.4 is 5.32 Å². The molecule has 1 unspecified atom stereocenters. The lowest BCUT2D eigenvalue weighted by Crippen LogP contribution is -2.46. The van der Waals surface area contributed by atoms with Crippen molar-refractivity contribution in [2.24, 2.45) is 0 Å². The van der Waals surface area contributed by atoms with E-state index in [1.165, 1.54) is 22.6 Å². The fourth-order valence-corrected chi connectivity index (χ4v) is 3.46. The van der Waals surface area contributed by atoms with Gasteiger partial charge in [-0.05, 0) is 42.2 Å². The first kappa shape index (κ1) is 17.4. The van der Waals surface area contributed by atoms with Crippen LogP contribution in [0.15, 0.2) is 29.2 Å². The van der Waals surface area contributed by atoms with Crippen molar-refractivity contribution in [2.45, 2.75) is 43.9 Å². The number of nitrogens with one attached hydrogen (secondary N) is 1. The molecule has 0 spiro atoms. The second-order valence-corrected chi connectivity index (χ2v) is 7.16. The quantitative estimate of drug-likeness (QED) is 0.780. The molecule has 3 nitrogen and oxygen atoms in total. The third-order valence-corrected chi connectivity index (χ3v) is 5.40. The highest BCUT2D eigenvalue weighted by atomic mass is 32.2. The molecule has 1 saturated heterocycles. The summed E-state index contributed by atoms with van der Waals surface area (Å²) in [5.74, 6) is 1.93. The highest BCUT2D eigenvalue weighted by Gasteiger charge is 2.17. The summed E-state index contributed by atoms with van der Waals surface area (Å²) in [5, 5.41) is 3.28. The highest BCUT2D eigenvalue weighted by molar-refractivity contribution is 7.99. The van der Waals surface area contributed by atoms with Gasteiger partial charge in [0, 0.05) is 37.5 Å². The Kier molecular flexibility index (Phi) is 7.26. The van der Waals surface area contributed by atoms with Gasteiger partial charge in [0.2, 0.25) is 5.91 Å². The number of carbonyl (C=O) groups excluding carboxylic acids is 1. The maximum Gasteiger partial charge on any atom is 0.222 e. The Labute approximate surface area is 138 Å². The predicted molar refractivity (Wildman–Crippen MR) is 94.6 cm³/mol. The number of nitrogens with zero attached hydrogens (tertiary/aromatic N) is 1. The van der Waals surface area contributed by atoms with Crippen molar-refractivity contribution in [3.8, 4) is 0 Å². The summed E-state index contributed by atoms with van der Waals surface area (Å²) in [5.41, 5.74) is 1.34. The number of benzene rings is 1. The molecule has 0 bridgehead atoms. The maximum atomic E-state index is 12.2. The molecule has 2 rings (SSSR count). The number of piperazine rings is 1. The average molecular weight is 321 g/mol. The number of hydrogen-bond donors (Lipinski definition) is 1. The SMILES string of the molecule is CCCSc1ccc(C(C)CCC(=O)N2CCNCC2)cc1. The minimum Gasteiger partial charge on any atom is -0.340 e. The molecule has 1 aromatic carbocycles. The van der Waals surface area contributed by atoms with E-state index < -0.39 is 0 Å². The Bertz CT molecular complexity index is 455. The van der Waals surface area contributed by atoms with E-state index >= 15 is 0 Å². The van der Waals surface area contributed by atoms with Gasteiger partial charge >= 0.3 is 0 Å². The van der Waals surface area contributed by atoms with Crippen LogP contribution in [0, 0.1) is 0 Å². The van der Waals surface area contributed by atoms with Gasteiger partial charge < -0.3 is 10.2 Å². The van der Waals surface area contributed by atoms with Crippen molar-refractivity contribution < 1.29 is 4.79 Å². The summed E-state index contributed by atoms with van der Waals surface area (Å²) >= 11 is 1.91. The van der Waals surface area contributed by atoms with Crippen molar-refractivity contribution in [2.75, 3.05) is 31.9 Å². The van der Waals surface area contributed by atoms with Crippen LogP contribution in [0.25, 0.3) is 0 Å². The van der Waals surface area contributed by atoms with Gasteiger partial charge in [-0.25, -0.2) is 0 Å². The first-order chi connectivity index (χ1) is 10.7. The number of hydrogen-bond acceptors (Lipinski definition) is 3. The summed E-state index contributed by atoms with van der Waals surface area (Å²) < 4.78 is 0. The zero-order chi connectivity index (χ0) is 15.8. The van der Waals surface area contributed by atoms with Crippen LogP contribution in [-0.4, -0.2) is 42.7 Å². The van der Waals surface area contributed by atoms with Crippen molar-refractivity contribution >= 4 is 17.7 Å². The van der Waals surface area contributed by atoms with Gasteiger partial charge in [-0.2, -0.15) is 0 Å². The molecule has 1 N–H and O–H groups in total. The van der Waals surface area contributed by atoms with Gasteiger partial charge in [-0.15, -0.1) is 11.8 Å². The highest BCUT2D eigenvalue weighted by Crippen LogP contribution is 2.25. The van der Waals surface area contributed by atoms with Crippen LogP contribution in [0.1, 0.15) is 44.6 Å². The third kappa shape index (κ3) is 5.33. The molecule has 122 valence electrons. The molecule has 1 amide bonds. The van der Waals surface area contributed by atoms with Gasteiger partial charge in [0.05, 0.1) is 0 Å². The molecule has 0 aliphatic carbocycles. The summed E-state index contributed by atoms with van der Waals surface area (Å²) in [6.45, 7) is 8.00. The minimum atomic E-state index is 0.309. The fraction of sp³-hybridized carbons (Fsp3) is 0.611. The second-order valence-electron chi connectivity index (χ2n) is 5.99. The first-order valence-electron chi connectivity index (χ1n) is 8.42. The number of rotatable bonds is 7. The Hall–Kier alpha value is -1.00. The lowest BCUT2D eigenvalue weighted by Gasteiger charge is -2.27. The zero-order valence-corrected chi connectivity index (χ0v) is 14.6. The van der Waals surface area contributed by atoms with E-state index in [4.69, 9.17) is 0 Å². The van der Waals surface area contributed by atoms with E-state index in [2.05, 4.69) is 43.4 Å². The average Bonchev–Trinajstić information content (AvgIpc) is 2.58. The predicted octanol–water partition coefficient (Wildman–Crippen LogP) is 3.50. The second kappa shape index (κ2) is 9.21. The Balaban J connectivity index is 1.78. The van der Waals surface area contributed by atoms with E-state index in [0.717, 1.165) is 32.6 Å². The molecule has 1 aliphatic heterocycles. The normalized spacial score (nSPS) is 16.5.